The van der Waals surface area contributed by atoms with Crippen LogP contribution in [-0.4, -0.2) is 4.92 Å². The second-order valence-electron chi connectivity index (χ2n) is 3.62. The van der Waals surface area contributed by atoms with Gasteiger partial charge >= 0.3 is 29.6 Å². The first-order chi connectivity index (χ1) is 8.16. The van der Waals surface area contributed by atoms with Gasteiger partial charge in [0.1, 0.15) is 11.5 Å². The maximum absolute atomic E-state index is 10.6. The first-order valence-electron chi connectivity index (χ1n) is 5.15. The van der Waals surface area contributed by atoms with Crippen molar-refractivity contribution >= 4 is 5.69 Å². The van der Waals surface area contributed by atoms with Crippen molar-refractivity contribution in [3.63, 3.8) is 0 Å². The van der Waals surface area contributed by atoms with E-state index < -0.39 is 4.92 Å². The summed E-state index contributed by atoms with van der Waals surface area (Å²) < 4.78 is 5.62. The van der Waals surface area contributed by atoms with E-state index in [9.17, 15) is 10.1 Å². The third-order valence-electron chi connectivity index (χ3n) is 2.34. The molecular formula is C13H12NNaO3. The fourth-order valence-electron chi connectivity index (χ4n) is 1.48. The maximum Gasteiger partial charge on any atom is 1.00 e. The second kappa shape index (κ2) is 6.54. The Morgan fingerprint density at radius 1 is 1.17 bits per heavy atom. The number of non-ortho nitro benzene ring substituents is 1. The summed E-state index contributed by atoms with van der Waals surface area (Å²) in [6.45, 7) is 1.78. The SMILES string of the molecule is Cc1cc([N+](=O)[O-])ccc1Oc1ccccc1.[H-].[Na+]. The smallest absolute Gasteiger partial charge is 1.00 e. The van der Waals surface area contributed by atoms with Crippen LogP contribution < -0.4 is 34.3 Å². The number of hydrogen-bond donors (Lipinski definition) is 0. The summed E-state index contributed by atoms with van der Waals surface area (Å²) in [6, 6.07) is 13.9. The molecule has 0 aliphatic carbocycles. The summed E-state index contributed by atoms with van der Waals surface area (Å²) in [5.74, 6) is 1.34. The normalized spacial score (nSPS) is 9.39. The molecule has 0 radical (unpaired) electrons. The van der Waals surface area contributed by atoms with Gasteiger partial charge in [-0.15, -0.1) is 0 Å². The standard InChI is InChI=1S/C13H11NO3.Na.H/c1-10-9-11(14(15)16)7-8-13(10)17-12-5-3-2-4-6-12;;/h2-9H,1H3;;/q;+1;-1. The largest absolute Gasteiger partial charge is 1.00 e. The molecule has 2 rings (SSSR count). The number of ether oxygens (including phenoxy) is 1. The number of hydrogen-bond acceptors (Lipinski definition) is 3. The zero-order chi connectivity index (χ0) is 12.3. The van der Waals surface area contributed by atoms with E-state index in [0.717, 1.165) is 5.56 Å². The first-order valence-corrected chi connectivity index (χ1v) is 5.15. The number of nitro benzene ring substituents is 1. The van der Waals surface area contributed by atoms with Gasteiger partial charge in [0.05, 0.1) is 4.92 Å². The van der Waals surface area contributed by atoms with Crippen LogP contribution in [0.3, 0.4) is 0 Å². The van der Waals surface area contributed by atoms with Crippen molar-refractivity contribution < 1.29 is 40.6 Å². The molecule has 0 heterocycles. The van der Waals surface area contributed by atoms with E-state index in [1.165, 1.54) is 12.1 Å². The van der Waals surface area contributed by atoms with Crippen LogP contribution in [0.4, 0.5) is 5.69 Å². The monoisotopic (exact) mass is 253 g/mol. The maximum atomic E-state index is 10.6. The molecule has 2 aromatic carbocycles. The summed E-state index contributed by atoms with van der Waals surface area (Å²) in [5.41, 5.74) is 0.811. The molecule has 0 spiro atoms. The minimum Gasteiger partial charge on any atom is -1.00 e. The van der Waals surface area contributed by atoms with Crippen molar-refractivity contribution in [2.45, 2.75) is 6.92 Å². The Hall–Kier alpha value is -1.36. The molecule has 0 aliphatic heterocycles. The number of benzene rings is 2. The van der Waals surface area contributed by atoms with Crippen LogP contribution in [-0.2, 0) is 0 Å². The Bertz CT molecular complexity index is 549. The van der Waals surface area contributed by atoms with Crippen molar-refractivity contribution in [2.24, 2.45) is 0 Å². The zero-order valence-corrected chi connectivity index (χ0v) is 12.3. The number of nitrogens with zero attached hydrogens (tertiary/aromatic N) is 1. The molecule has 0 aliphatic rings. The van der Waals surface area contributed by atoms with Gasteiger partial charge in [0.25, 0.3) is 5.69 Å². The molecule has 0 unspecified atom stereocenters. The van der Waals surface area contributed by atoms with E-state index >= 15 is 0 Å². The number of para-hydroxylation sites is 1. The predicted molar refractivity (Wildman–Crippen MR) is 65.5 cm³/mol. The molecule has 0 N–H and O–H groups in total. The van der Waals surface area contributed by atoms with Crippen LogP contribution in [0, 0.1) is 17.0 Å². The van der Waals surface area contributed by atoms with Crippen LogP contribution in [0.25, 0.3) is 0 Å². The Morgan fingerprint density at radius 3 is 2.39 bits per heavy atom. The van der Waals surface area contributed by atoms with Gasteiger partial charge in [0.15, 0.2) is 0 Å². The van der Waals surface area contributed by atoms with E-state index in [4.69, 9.17) is 4.74 Å². The molecule has 4 nitrogen and oxygen atoms in total. The molecule has 0 bridgehead atoms. The molecule has 0 amide bonds. The van der Waals surface area contributed by atoms with Crippen molar-refractivity contribution in [1.82, 2.24) is 0 Å². The van der Waals surface area contributed by atoms with E-state index in [1.54, 1.807) is 13.0 Å². The third kappa shape index (κ3) is 3.57. The summed E-state index contributed by atoms with van der Waals surface area (Å²) in [4.78, 5) is 10.2. The van der Waals surface area contributed by atoms with Gasteiger partial charge in [0.2, 0.25) is 0 Å². The van der Waals surface area contributed by atoms with Gasteiger partial charge in [-0.25, -0.2) is 0 Å². The van der Waals surface area contributed by atoms with Gasteiger partial charge < -0.3 is 6.16 Å². The summed E-state index contributed by atoms with van der Waals surface area (Å²) in [6.07, 6.45) is 0. The summed E-state index contributed by atoms with van der Waals surface area (Å²) >= 11 is 0. The van der Waals surface area contributed by atoms with Gasteiger partial charge in [-0.1, -0.05) is 18.2 Å². The molecular weight excluding hydrogens is 241 g/mol. The molecule has 0 atom stereocenters. The molecule has 88 valence electrons. The van der Waals surface area contributed by atoms with E-state index in [0.29, 0.717) is 11.5 Å². The van der Waals surface area contributed by atoms with Gasteiger partial charge in [-0.05, 0) is 30.7 Å². The van der Waals surface area contributed by atoms with Crippen LogP contribution in [0.5, 0.6) is 11.5 Å². The van der Waals surface area contributed by atoms with Gasteiger partial charge in [-0.3, -0.25) is 10.1 Å². The number of nitro groups is 1. The molecule has 0 saturated heterocycles. The van der Waals surface area contributed by atoms with Crippen molar-refractivity contribution in [3.05, 3.63) is 64.2 Å². The number of rotatable bonds is 3. The summed E-state index contributed by atoms with van der Waals surface area (Å²) in [7, 11) is 0. The predicted octanol–water partition coefficient (Wildman–Crippen LogP) is 0.812. The van der Waals surface area contributed by atoms with Crippen molar-refractivity contribution in [2.75, 3.05) is 0 Å². The van der Waals surface area contributed by atoms with Crippen molar-refractivity contribution in [1.29, 1.82) is 0 Å². The average molecular weight is 253 g/mol. The zero-order valence-electron chi connectivity index (χ0n) is 11.3. The quantitative estimate of drug-likeness (QED) is 0.462. The van der Waals surface area contributed by atoms with Gasteiger partial charge in [-0.2, -0.15) is 0 Å². The van der Waals surface area contributed by atoms with Gasteiger partial charge in [0, 0.05) is 12.1 Å². The summed E-state index contributed by atoms with van der Waals surface area (Å²) in [5, 5.41) is 10.6. The molecule has 18 heavy (non-hydrogen) atoms. The Balaban J connectivity index is 0.00000162. The fourth-order valence-corrected chi connectivity index (χ4v) is 1.48. The average Bonchev–Trinajstić information content (AvgIpc) is 2.33. The molecule has 2 aromatic rings. The molecule has 5 heteroatoms. The fraction of sp³-hybridized carbons (Fsp3) is 0.0769. The minimum absolute atomic E-state index is 0. The number of aryl methyl sites for hydroxylation is 1. The molecule has 0 aromatic heterocycles. The Kier molecular flexibility index (Phi) is 5.34. The van der Waals surface area contributed by atoms with E-state index in [-0.39, 0.29) is 36.7 Å². The Labute approximate surface area is 129 Å². The van der Waals surface area contributed by atoms with E-state index in [1.807, 2.05) is 30.3 Å². The third-order valence-corrected chi connectivity index (χ3v) is 2.34. The van der Waals surface area contributed by atoms with Crippen LogP contribution >= 0.6 is 0 Å². The first kappa shape index (κ1) is 14.7. The Morgan fingerprint density at radius 2 is 1.83 bits per heavy atom. The minimum atomic E-state index is -0.417. The van der Waals surface area contributed by atoms with Crippen molar-refractivity contribution in [3.8, 4) is 11.5 Å². The topological polar surface area (TPSA) is 52.4 Å². The molecule has 0 fully saturated rings. The van der Waals surface area contributed by atoms with Crippen LogP contribution in [0.15, 0.2) is 48.5 Å². The van der Waals surface area contributed by atoms with Crippen LogP contribution in [0.1, 0.15) is 6.99 Å². The van der Waals surface area contributed by atoms with E-state index in [2.05, 4.69) is 0 Å². The van der Waals surface area contributed by atoms with Crippen LogP contribution in [0.2, 0.25) is 0 Å². The second-order valence-corrected chi connectivity index (χ2v) is 3.62. The molecule has 0 saturated carbocycles.